The summed E-state index contributed by atoms with van der Waals surface area (Å²) in [6.07, 6.45) is 1.11. The van der Waals surface area contributed by atoms with Gasteiger partial charge in [-0.2, -0.15) is 0 Å². The third kappa shape index (κ3) is 6.04. The maximum atomic E-state index is 13.1. The largest absolute Gasteiger partial charge is 0.493 e. The van der Waals surface area contributed by atoms with Gasteiger partial charge < -0.3 is 14.8 Å². The van der Waals surface area contributed by atoms with Gasteiger partial charge in [0.2, 0.25) is 0 Å². The average molecular weight is 400 g/mol. The Bertz CT molecular complexity index is 738. The summed E-state index contributed by atoms with van der Waals surface area (Å²) in [6.45, 7) is 6.16. The van der Waals surface area contributed by atoms with Crippen molar-refractivity contribution in [2.75, 3.05) is 13.7 Å². The van der Waals surface area contributed by atoms with Crippen LogP contribution in [0.5, 0.6) is 11.5 Å². The minimum atomic E-state index is -0.381. The van der Waals surface area contributed by atoms with Crippen molar-refractivity contribution in [2.45, 2.75) is 33.4 Å². The lowest BCUT2D eigenvalue weighted by Crippen LogP contribution is -2.16. The zero-order valence-electron chi connectivity index (χ0n) is 15.2. The molecule has 142 valence electrons. The fourth-order valence-electron chi connectivity index (χ4n) is 2.39. The Morgan fingerprint density at radius 1 is 1.04 bits per heavy atom. The molecule has 0 amide bonds. The van der Waals surface area contributed by atoms with Gasteiger partial charge in [-0.3, -0.25) is 0 Å². The lowest BCUT2D eigenvalue weighted by Gasteiger charge is -2.15. The van der Waals surface area contributed by atoms with E-state index in [9.17, 15) is 4.39 Å². The van der Waals surface area contributed by atoms with Crippen LogP contribution in [0.15, 0.2) is 30.3 Å². The number of hydrogen-bond donors (Lipinski definition) is 1. The zero-order chi connectivity index (χ0) is 19.1. The summed E-state index contributed by atoms with van der Waals surface area (Å²) >= 11 is 12.4. The first-order valence-corrected chi connectivity index (χ1v) is 9.30. The number of hydrogen-bond acceptors (Lipinski definition) is 3. The highest BCUT2D eigenvalue weighted by Crippen LogP contribution is 2.34. The molecule has 26 heavy (non-hydrogen) atoms. The van der Waals surface area contributed by atoms with Gasteiger partial charge in [-0.25, -0.2) is 4.39 Å². The Morgan fingerprint density at radius 2 is 1.77 bits per heavy atom. The Balaban J connectivity index is 2.05. The first kappa shape index (κ1) is 20.8. The third-order valence-electron chi connectivity index (χ3n) is 3.94. The topological polar surface area (TPSA) is 30.5 Å². The standard InChI is InChI=1S/C20H24Cl2FNO2/c1-13(2)6-7-24-11-15-8-19(25-3)20(10-18(15)22)26-12-14-4-5-16(23)9-17(14)21/h4-5,8-10,13,24H,6-7,11-12H2,1-3H3. The van der Waals surface area contributed by atoms with E-state index in [1.807, 2.05) is 6.07 Å². The number of nitrogens with one attached hydrogen (secondary N) is 1. The van der Waals surface area contributed by atoms with Crippen molar-refractivity contribution >= 4 is 23.2 Å². The van der Waals surface area contributed by atoms with Crippen LogP contribution in [0.3, 0.4) is 0 Å². The van der Waals surface area contributed by atoms with Crippen LogP contribution in [-0.4, -0.2) is 13.7 Å². The SMILES string of the molecule is COc1cc(CNCCC(C)C)c(Cl)cc1OCc1ccc(F)cc1Cl. The summed E-state index contributed by atoms with van der Waals surface area (Å²) in [4.78, 5) is 0. The second kappa shape index (κ2) is 10.0. The maximum Gasteiger partial charge on any atom is 0.163 e. The molecule has 2 aromatic carbocycles. The van der Waals surface area contributed by atoms with Gasteiger partial charge in [-0.15, -0.1) is 0 Å². The van der Waals surface area contributed by atoms with Gasteiger partial charge >= 0.3 is 0 Å². The monoisotopic (exact) mass is 399 g/mol. The molecule has 6 heteroatoms. The van der Waals surface area contributed by atoms with Crippen molar-refractivity contribution in [3.8, 4) is 11.5 Å². The minimum Gasteiger partial charge on any atom is -0.493 e. The van der Waals surface area contributed by atoms with Gasteiger partial charge in [0.15, 0.2) is 11.5 Å². The van der Waals surface area contributed by atoms with E-state index in [0.29, 0.717) is 39.6 Å². The molecule has 0 atom stereocenters. The molecule has 1 N–H and O–H groups in total. The molecule has 0 unspecified atom stereocenters. The summed E-state index contributed by atoms with van der Waals surface area (Å²) in [7, 11) is 1.58. The van der Waals surface area contributed by atoms with E-state index in [2.05, 4.69) is 19.2 Å². The van der Waals surface area contributed by atoms with Crippen LogP contribution in [-0.2, 0) is 13.2 Å². The highest BCUT2D eigenvalue weighted by molar-refractivity contribution is 6.31. The molecule has 0 aliphatic heterocycles. The summed E-state index contributed by atoms with van der Waals surface area (Å²) in [5, 5.41) is 4.30. The zero-order valence-corrected chi connectivity index (χ0v) is 16.8. The van der Waals surface area contributed by atoms with E-state index >= 15 is 0 Å². The van der Waals surface area contributed by atoms with Crippen LogP contribution in [0.1, 0.15) is 31.4 Å². The fourth-order valence-corrected chi connectivity index (χ4v) is 2.84. The van der Waals surface area contributed by atoms with Crippen molar-refractivity contribution in [1.29, 1.82) is 0 Å². The van der Waals surface area contributed by atoms with Gasteiger partial charge in [0.25, 0.3) is 0 Å². The molecule has 0 aromatic heterocycles. The van der Waals surface area contributed by atoms with Crippen LogP contribution in [0.2, 0.25) is 10.0 Å². The summed E-state index contributed by atoms with van der Waals surface area (Å²) in [6, 6.07) is 7.81. The summed E-state index contributed by atoms with van der Waals surface area (Å²) in [5.41, 5.74) is 1.63. The quantitative estimate of drug-likeness (QED) is 0.535. The normalized spacial score (nSPS) is 11.0. The molecule has 0 aliphatic carbocycles. The van der Waals surface area contributed by atoms with E-state index in [1.54, 1.807) is 19.2 Å². The van der Waals surface area contributed by atoms with E-state index in [-0.39, 0.29) is 12.4 Å². The molecule has 0 spiro atoms. The van der Waals surface area contributed by atoms with Crippen LogP contribution in [0, 0.1) is 11.7 Å². The van der Waals surface area contributed by atoms with Crippen molar-refractivity contribution < 1.29 is 13.9 Å². The molecular formula is C20H24Cl2FNO2. The molecule has 0 bridgehead atoms. The highest BCUT2D eigenvalue weighted by atomic mass is 35.5. The predicted octanol–water partition coefficient (Wildman–Crippen LogP) is 5.86. The second-order valence-corrected chi connectivity index (χ2v) is 7.29. The lowest BCUT2D eigenvalue weighted by molar-refractivity contribution is 0.284. The fraction of sp³-hybridized carbons (Fsp3) is 0.400. The minimum absolute atomic E-state index is 0.192. The third-order valence-corrected chi connectivity index (χ3v) is 4.65. The van der Waals surface area contributed by atoms with Gasteiger partial charge in [-0.1, -0.05) is 43.1 Å². The lowest BCUT2D eigenvalue weighted by atomic mass is 10.1. The molecule has 0 radical (unpaired) electrons. The summed E-state index contributed by atoms with van der Waals surface area (Å²) in [5.74, 6) is 1.38. The van der Waals surface area contributed by atoms with Crippen LogP contribution in [0.25, 0.3) is 0 Å². The van der Waals surface area contributed by atoms with E-state index in [4.69, 9.17) is 32.7 Å². The van der Waals surface area contributed by atoms with Crippen molar-refractivity contribution in [2.24, 2.45) is 5.92 Å². The first-order valence-electron chi connectivity index (χ1n) is 8.54. The van der Waals surface area contributed by atoms with Gasteiger partial charge in [-0.05, 0) is 42.6 Å². The average Bonchev–Trinajstić information content (AvgIpc) is 2.59. The van der Waals surface area contributed by atoms with E-state index in [1.165, 1.54) is 12.1 Å². The Kier molecular flexibility index (Phi) is 8.01. The smallest absolute Gasteiger partial charge is 0.163 e. The molecule has 2 rings (SSSR count). The number of rotatable bonds is 9. The highest BCUT2D eigenvalue weighted by Gasteiger charge is 2.12. The van der Waals surface area contributed by atoms with Gasteiger partial charge in [0.1, 0.15) is 12.4 Å². The number of ether oxygens (including phenoxy) is 2. The van der Waals surface area contributed by atoms with Crippen LogP contribution in [0.4, 0.5) is 4.39 Å². The van der Waals surface area contributed by atoms with Crippen LogP contribution < -0.4 is 14.8 Å². The molecule has 0 saturated heterocycles. The van der Waals surface area contributed by atoms with Crippen molar-refractivity contribution in [1.82, 2.24) is 5.32 Å². The Labute approximate surface area is 164 Å². The second-order valence-electron chi connectivity index (χ2n) is 6.48. The van der Waals surface area contributed by atoms with Crippen molar-refractivity contribution in [3.05, 3.63) is 57.3 Å². The van der Waals surface area contributed by atoms with Gasteiger partial charge in [0, 0.05) is 23.2 Å². The van der Waals surface area contributed by atoms with E-state index in [0.717, 1.165) is 18.5 Å². The predicted molar refractivity (Wildman–Crippen MR) is 105 cm³/mol. The number of halogens is 3. The summed E-state index contributed by atoms with van der Waals surface area (Å²) < 4.78 is 24.3. The Hall–Kier alpha value is -1.49. The Morgan fingerprint density at radius 3 is 2.42 bits per heavy atom. The van der Waals surface area contributed by atoms with Crippen LogP contribution >= 0.6 is 23.2 Å². The molecule has 0 fully saturated rings. The molecule has 0 heterocycles. The van der Waals surface area contributed by atoms with Crippen molar-refractivity contribution in [3.63, 3.8) is 0 Å². The first-order chi connectivity index (χ1) is 12.4. The molecule has 2 aromatic rings. The molecule has 0 aliphatic rings. The van der Waals surface area contributed by atoms with Gasteiger partial charge in [0.05, 0.1) is 12.1 Å². The number of methoxy groups -OCH3 is 1. The molecule has 3 nitrogen and oxygen atoms in total. The number of benzene rings is 2. The van der Waals surface area contributed by atoms with E-state index < -0.39 is 0 Å². The molecule has 0 saturated carbocycles. The maximum absolute atomic E-state index is 13.1. The molecular weight excluding hydrogens is 376 g/mol.